The van der Waals surface area contributed by atoms with Gasteiger partial charge in [-0.3, -0.25) is 0 Å². The molecule has 1 rings (SSSR count). The number of benzene rings is 1. The normalized spacial score (nSPS) is 11.5. The summed E-state index contributed by atoms with van der Waals surface area (Å²) < 4.78 is 0. The molecule has 13 heavy (non-hydrogen) atoms. The Hall–Kier alpha value is -0.300. The monoisotopic (exact) mass is 242 g/mol. The summed E-state index contributed by atoms with van der Waals surface area (Å²) in [5.41, 5.74) is 2.70. The van der Waals surface area contributed by atoms with Crippen LogP contribution in [0.2, 0.25) is 0 Å². The lowest BCUT2D eigenvalue weighted by Gasteiger charge is -2.06. The molecule has 0 bridgehead atoms. The fourth-order valence-electron chi connectivity index (χ4n) is 1.01. The van der Waals surface area contributed by atoms with Gasteiger partial charge in [0.2, 0.25) is 0 Å². The Morgan fingerprint density at radius 1 is 1.15 bits per heavy atom. The Balaban J connectivity index is 0.000000671. The third-order valence-corrected chi connectivity index (χ3v) is 2.97. The van der Waals surface area contributed by atoms with Crippen molar-refractivity contribution in [2.45, 2.75) is 38.9 Å². The zero-order valence-electron chi connectivity index (χ0n) is 8.97. The van der Waals surface area contributed by atoms with Crippen LogP contribution in [0.25, 0.3) is 0 Å². The third-order valence-electron chi connectivity index (χ3n) is 1.80. The molecule has 0 radical (unpaired) electrons. The highest BCUT2D eigenvalue weighted by Crippen LogP contribution is 2.25. The van der Waals surface area contributed by atoms with Gasteiger partial charge in [0, 0.05) is 4.83 Å². The standard InChI is InChI=1S/C10H13Br.C2H6/c1-3-10(11)9-6-4-8(2)5-7-9;1-2/h4-7,10H,3H2,1-2H3;1-2H3. The van der Waals surface area contributed by atoms with E-state index in [2.05, 4.69) is 54.0 Å². The molecule has 0 aliphatic heterocycles. The van der Waals surface area contributed by atoms with Crippen molar-refractivity contribution < 1.29 is 0 Å². The van der Waals surface area contributed by atoms with Gasteiger partial charge in [0.15, 0.2) is 0 Å². The van der Waals surface area contributed by atoms with Gasteiger partial charge in [-0.2, -0.15) is 0 Å². The van der Waals surface area contributed by atoms with Gasteiger partial charge in [0.05, 0.1) is 0 Å². The Labute approximate surface area is 90.5 Å². The second kappa shape index (κ2) is 7.14. The van der Waals surface area contributed by atoms with Crippen LogP contribution >= 0.6 is 15.9 Å². The Morgan fingerprint density at radius 2 is 1.62 bits per heavy atom. The fraction of sp³-hybridized carbons (Fsp3) is 0.500. The third kappa shape index (κ3) is 4.47. The van der Waals surface area contributed by atoms with Crippen LogP contribution in [0.5, 0.6) is 0 Å². The van der Waals surface area contributed by atoms with Crippen LogP contribution in [0.3, 0.4) is 0 Å². The minimum Gasteiger partial charge on any atom is -0.0839 e. The van der Waals surface area contributed by atoms with E-state index in [1.165, 1.54) is 11.1 Å². The fourth-order valence-corrected chi connectivity index (χ4v) is 1.32. The van der Waals surface area contributed by atoms with Crippen molar-refractivity contribution in [3.63, 3.8) is 0 Å². The maximum absolute atomic E-state index is 3.61. The summed E-state index contributed by atoms with van der Waals surface area (Å²) in [6, 6.07) is 8.66. The molecule has 1 atom stereocenters. The van der Waals surface area contributed by atoms with Gasteiger partial charge in [0.25, 0.3) is 0 Å². The summed E-state index contributed by atoms with van der Waals surface area (Å²) in [7, 11) is 0. The molecule has 0 saturated heterocycles. The summed E-state index contributed by atoms with van der Waals surface area (Å²) in [4.78, 5) is 0.517. The number of halogens is 1. The first-order valence-corrected chi connectivity index (χ1v) is 5.86. The molecular formula is C12H19Br. The SMILES string of the molecule is CC.CCC(Br)c1ccc(C)cc1. The number of alkyl halides is 1. The van der Waals surface area contributed by atoms with Gasteiger partial charge >= 0.3 is 0 Å². The zero-order chi connectivity index (χ0) is 10.3. The van der Waals surface area contributed by atoms with Crippen molar-refractivity contribution in [1.29, 1.82) is 0 Å². The van der Waals surface area contributed by atoms with Crippen molar-refractivity contribution in [2.75, 3.05) is 0 Å². The second-order valence-corrected chi connectivity index (χ2v) is 3.89. The first-order valence-electron chi connectivity index (χ1n) is 4.94. The van der Waals surface area contributed by atoms with Crippen molar-refractivity contribution in [3.8, 4) is 0 Å². The van der Waals surface area contributed by atoms with E-state index in [0.29, 0.717) is 4.83 Å². The van der Waals surface area contributed by atoms with Gasteiger partial charge in [-0.15, -0.1) is 0 Å². The highest BCUT2D eigenvalue weighted by Gasteiger charge is 2.02. The summed E-state index contributed by atoms with van der Waals surface area (Å²) in [5.74, 6) is 0. The Kier molecular flexibility index (Phi) is 6.97. The molecule has 1 heteroatoms. The lowest BCUT2D eigenvalue weighted by atomic mass is 10.1. The molecule has 0 amide bonds. The highest BCUT2D eigenvalue weighted by molar-refractivity contribution is 9.09. The van der Waals surface area contributed by atoms with Crippen LogP contribution in [0.1, 0.15) is 43.1 Å². The van der Waals surface area contributed by atoms with Crippen LogP contribution < -0.4 is 0 Å². The summed E-state index contributed by atoms with van der Waals surface area (Å²) in [5, 5.41) is 0. The molecule has 0 saturated carbocycles. The maximum Gasteiger partial charge on any atom is 0.0392 e. The number of aryl methyl sites for hydroxylation is 1. The van der Waals surface area contributed by atoms with Crippen LogP contribution in [0.4, 0.5) is 0 Å². The summed E-state index contributed by atoms with van der Waals surface area (Å²) in [6.45, 7) is 8.29. The van der Waals surface area contributed by atoms with Crippen LogP contribution in [-0.2, 0) is 0 Å². The average molecular weight is 243 g/mol. The molecule has 0 nitrogen and oxygen atoms in total. The molecule has 0 aliphatic rings. The van der Waals surface area contributed by atoms with Gasteiger partial charge in [0.1, 0.15) is 0 Å². The molecule has 1 aromatic carbocycles. The first kappa shape index (κ1) is 12.7. The van der Waals surface area contributed by atoms with Gasteiger partial charge < -0.3 is 0 Å². The largest absolute Gasteiger partial charge is 0.0839 e. The van der Waals surface area contributed by atoms with Crippen molar-refractivity contribution in [1.82, 2.24) is 0 Å². The molecule has 74 valence electrons. The molecule has 0 fully saturated rings. The number of hydrogen-bond acceptors (Lipinski definition) is 0. The lowest BCUT2D eigenvalue weighted by molar-refractivity contribution is 0.910. The molecule has 0 N–H and O–H groups in total. The van der Waals surface area contributed by atoms with E-state index in [-0.39, 0.29) is 0 Å². The molecule has 0 aliphatic carbocycles. The highest BCUT2D eigenvalue weighted by atomic mass is 79.9. The molecular weight excluding hydrogens is 224 g/mol. The average Bonchev–Trinajstić information content (AvgIpc) is 2.21. The maximum atomic E-state index is 3.61. The van der Waals surface area contributed by atoms with Gasteiger partial charge in [-0.05, 0) is 18.9 Å². The second-order valence-electron chi connectivity index (χ2n) is 2.79. The predicted molar refractivity (Wildman–Crippen MR) is 64.5 cm³/mol. The molecule has 0 heterocycles. The topological polar surface area (TPSA) is 0 Å². The van der Waals surface area contributed by atoms with E-state index in [0.717, 1.165) is 6.42 Å². The van der Waals surface area contributed by atoms with E-state index in [1.54, 1.807) is 0 Å². The molecule has 0 spiro atoms. The van der Waals surface area contributed by atoms with E-state index < -0.39 is 0 Å². The van der Waals surface area contributed by atoms with E-state index >= 15 is 0 Å². The van der Waals surface area contributed by atoms with Crippen LogP contribution in [0, 0.1) is 6.92 Å². The van der Waals surface area contributed by atoms with Crippen molar-refractivity contribution in [2.24, 2.45) is 0 Å². The minimum atomic E-state index is 0.517. The molecule has 1 unspecified atom stereocenters. The number of hydrogen-bond donors (Lipinski definition) is 0. The Morgan fingerprint density at radius 3 is 2.00 bits per heavy atom. The van der Waals surface area contributed by atoms with Crippen LogP contribution in [0.15, 0.2) is 24.3 Å². The quantitative estimate of drug-likeness (QED) is 0.650. The van der Waals surface area contributed by atoms with Crippen molar-refractivity contribution >= 4 is 15.9 Å². The van der Waals surface area contributed by atoms with Crippen molar-refractivity contribution in [3.05, 3.63) is 35.4 Å². The van der Waals surface area contributed by atoms with E-state index in [1.807, 2.05) is 13.8 Å². The first-order chi connectivity index (χ1) is 6.24. The molecule has 1 aromatic rings. The van der Waals surface area contributed by atoms with Crippen LogP contribution in [-0.4, -0.2) is 0 Å². The number of rotatable bonds is 2. The minimum absolute atomic E-state index is 0.517. The van der Waals surface area contributed by atoms with Gasteiger partial charge in [-0.25, -0.2) is 0 Å². The predicted octanol–water partition coefficient (Wildman–Crippen LogP) is 4.87. The van der Waals surface area contributed by atoms with E-state index in [9.17, 15) is 0 Å². The smallest absolute Gasteiger partial charge is 0.0392 e. The van der Waals surface area contributed by atoms with E-state index in [4.69, 9.17) is 0 Å². The van der Waals surface area contributed by atoms with Gasteiger partial charge in [-0.1, -0.05) is 66.5 Å². The molecule has 0 aromatic heterocycles. The summed E-state index contributed by atoms with van der Waals surface area (Å²) >= 11 is 3.61. The Bertz CT molecular complexity index is 213. The zero-order valence-corrected chi connectivity index (χ0v) is 10.6. The lowest BCUT2D eigenvalue weighted by Crippen LogP contribution is -1.86. The summed E-state index contributed by atoms with van der Waals surface area (Å²) in [6.07, 6.45) is 1.14.